The van der Waals surface area contributed by atoms with Gasteiger partial charge in [0.05, 0.1) is 17.6 Å². The van der Waals surface area contributed by atoms with Gasteiger partial charge in [-0.1, -0.05) is 18.2 Å². The van der Waals surface area contributed by atoms with Crippen molar-refractivity contribution in [1.29, 1.82) is 0 Å². The number of piperazine rings is 1. The molecule has 3 aromatic rings. The first-order valence-corrected chi connectivity index (χ1v) is 14.1. The number of hydrogen-bond donors (Lipinski definition) is 2. The van der Waals surface area contributed by atoms with Crippen LogP contribution in [0.25, 0.3) is 0 Å². The molecule has 1 unspecified atom stereocenters. The second kappa shape index (κ2) is 12.4. The van der Waals surface area contributed by atoms with Crippen LogP contribution in [-0.2, 0) is 0 Å². The van der Waals surface area contributed by atoms with Gasteiger partial charge in [0.25, 0.3) is 11.8 Å². The fraction of sp³-hybridized carbons (Fsp3) is 0.419. The minimum atomic E-state index is -0.336. The number of carbonyl (C=O) groups excluding carboxylic acids is 2. The summed E-state index contributed by atoms with van der Waals surface area (Å²) in [5.41, 5.74) is 4.57. The number of likely N-dealkylation sites (tertiary alicyclic amines) is 1. The van der Waals surface area contributed by atoms with Gasteiger partial charge < -0.3 is 29.8 Å². The predicted octanol–water partition coefficient (Wildman–Crippen LogP) is 4.77. The second-order valence-electron chi connectivity index (χ2n) is 10.6. The van der Waals surface area contributed by atoms with E-state index in [2.05, 4.69) is 63.4 Å². The first-order chi connectivity index (χ1) is 19.0. The molecule has 1 atom stereocenters. The number of carbonyl (C=O) groups is 2. The lowest BCUT2D eigenvalue weighted by molar-refractivity contribution is 0.0947. The summed E-state index contributed by atoms with van der Waals surface area (Å²) in [6.45, 7) is 10.6. The Morgan fingerprint density at radius 3 is 2.28 bits per heavy atom. The van der Waals surface area contributed by atoms with Crippen molar-refractivity contribution < 1.29 is 14.0 Å². The lowest BCUT2D eigenvalue weighted by Gasteiger charge is -2.38. The van der Waals surface area contributed by atoms with Crippen molar-refractivity contribution in [2.24, 2.45) is 0 Å². The van der Waals surface area contributed by atoms with Crippen molar-refractivity contribution >= 4 is 28.9 Å². The van der Waals surface area contributed by atoms with E-state index in [0.717, 1.165) is 51.4 Å². The van der Waals surface area contributed by atoms with E-state index in [-0.39, 0.29) is 17.6 Å². The normalized spacial score (nSPS) is 16.8. The van der Waals surface area contributed by atoms with E-state index in [1.807, 2.05) is 12.1 Å². The van der Waals surface area contributed by atoms with Crippen LogP contribution in [-0.4, -0.2) is 68.6 Å². The predicted molar refractivity (Wildman–Crippen MR) is 156 cm³/mol. The van der Waals surface area contributed by atoms with Crippen LogP contribution in [0.15, 0.2) is 65.3 Å². The van der Waals surface area contributed by atoms with Gasteiger partial charge in [0, 0.05) is 50.0 Å². The van der Waals surface area contributed by atoms with Gasteiger partial charge in [-0.25, -0.2) is 0 Å². The average molecular weight is 530 g/mol. The Kier molecular flexibility index (Phi) is 8.51. The van der Waals surface area contributed by atoms with Crippen LogP contribution in [0.1, 0.15) is 52.7 Å². The zero-order valence-corrected chi connectivity index (χ0v) is 23.0. The largest absolute Gasteiger partial charge is 0.459 e. The zero-order chi connectivity index (χ0) is 27.2. The fourth-order valence-electron chi connectivity index (χ4n) is 5.61. The highest BCUT2D eigenvalue weighted by atomic mass is 16.3. The van der Waals surface area contributed by atoms with Crippen LogP contribution in [0.3, 0.4) is 0 Å². The van der Waals surface area contributed by atoms with Crippen LogP contribution >= 0.6 is 0 Å². The summed E-state index contributed by atoms with van der Waals surface area (Å²) in [5.74, 6) is -0.235. The molecule has 39 heavy (non-hydrogen) atoms. The number of nitrogens with zero attached hydrogens (tertiary/aromatic N) is 3. The number of para-hydroxylation sites is 1. The lowest BCUT2D eigenvalue weighted by atomic mass is 10.1. The minimum Gasteiger partial charge on any atom is -0.459 e. The molecule has 3 heterocycles. The molecular weight excluding hydrogens is 490 g/mol. The summed E-state index contributed by atoms with van der Waals surface area (Å²) in [6.07, 6.45) is 4.91. The molecule has 2 amide bonds. The highest BCUT2D eigenvalue weighted by Gasteiger charge is 2.23. The Morgan fingerprint density at radius 2 is 1.59 bits per heavy atom. The number of furan rings is 1. The van der Waals surface area contributed by atoms with E-state index in [9.17, 15) is 9.59 Å². The van der Waals surface area contributed by atoms with Crippen molar-refractivity contribution in [2.45, 2.75) is 39.2 Å². The summed E-state index contributed by atoms with van der Waals surface area (Å²) in [6, 6.07) is 17.8. The van der Waals surface area contributed by atoms with Crippen LogP contribution in [0.5, 0.6) is 0 Å². The quantitative estimate of drug-likeness (QED) is 0.416. The third kappa shape index (κ3) is 6.45. The van der Waals surface area contributed by atoms with Crippen molar-refractivity contribution in [1.82, 2.24) is 10.2 Å². The number of hydrogen-bond acceptors (Lipinski definition) is 6. The summed E-state index contributed by atoms with van der Waals surface area (Å²) < 4.78 is 5.31. The maximum Gasteiger partial charge on any atom is 0.291 e. The van der Waals surface area contributed by atoms with E-state index >= 15 is 0 Å². The summed E-state index contributed by atoms with van der Waals surface area (Å²) in [5, 5.41) is 6.07. The molecule has 0 saturated carbocycles. The highest BCUT2D eigenvalue weighted by Crippen LogP contribution is 2.30. The summed E-state index contributed by atoms with van der Waals surface area (Å²) >= 11 is 0. The SMILES string of the molecule is Cc1ccccc1N1CCN(c2ccc(C(=O)NCCC(C)N3CCCC3)cc2NC(=O)c2ccco2)CC1. The molecule has 2 aliphatic heterocycles. The number of rotatable bonds is 9. The number of anilines is 3. The Balaban J connectivity index is 1.28. The van der Waals surface area contributed by atoms with Crippen LogP contribution < -0.4 is 20.4 Å². The zero-order valence-electron chi connectivity index (χ0n) is 23.0. The smallest absolute Gasteiger partial charge is 0.291 e. The summed E-state index contributed by atoms with van der Waals surface area (Å²) in [4.78, 5) is 33.1. The molecule has 1 aromatic heterocycles. The van der Waals surface area contributed by atoms with E-state index in [4.69, 9.17) is 4.42 Å². The number of nitrogens with one attached hydrogen (secondary N) is 2. The van der Waals surface area contributed by atoms with E-state index in [1.165, 1.54) is 30.4 Å². The van der Waals surface area contributed by atoms with Gasteiger partial charge in [0.15, 0.2) is 5.76 Å². The molecule has 0 radical (unpaired) electrons. The Labute approximate surface area is 231 Å². The number of amides is 2. The minimum absolute atomic E-state index is 0.131. The van der Waals surface area contributed by atoms with Gasteiger partial charge in [0.1, 0.15) is 0 Å². The number of benzene rings is 2. The molecule has 0 aliphatic carbocycles. The molecule has 2 saturated heterocycles. The molecule has 0 bridgehead atoms. The van der Waals surface area contributed by atoms with E-state index in [1.54, 1.807) is 18.2 Å². The monoisotopic (exact) mass is 529 g/mol. The molecular formula is C31H39N5O3. The fourth-order valence-corrected chi connectivity index (χ4v) is 5.61. The molecule has 2 fully saturated rings. The maximum atomic E-state index is 13.1. The van der Waals surface area contributed by atoms with Crippen LogP contribution in [0, 0.1) is 6.92 Å². The molecule has 0 spiro atoms. The Morgan fingerprint density at radius 1 is 0.872 bits per heavy atom. The maximum absolute atomic E-state index is 13.1. The molecule has 8 nitrogen and oxygen atoms in total. The van der Waals surface area contributed by atoms with Crippen molar-refractivity contribution in [3.8, 4) is 0 Å². The molecule has 5 rings (SSSR count). The van der Waals surface area contributed by atoms with Gasteiger partial charge in [-0.05, 0) is 88.2 Å². The lowest BCUT2D eigenvalue weighted by Crippen LogP contribution is -2.47. The van der Waals surface area contributed by atoms with E-state index < -0.39 is 0 Å². The van der Waals surface area contributed by atoms with E-state index in [0.29, 0.717) is 23.8 Å². The van der Waals surface area contributed by atoms with Crippen LogP contribution in [0.2, 0.25) is 0 Å². The van der Waals surface area contributed by atoms with Crippen molar-refractivity contribution in [3.05, 3.63) is 77.7 Å². The van der Waals surface area contributed by atoms with Crippen molar-refractivity contribution in [3.63, 3.8) is 0 Å². The Bertz CT molecular complexity index is 1260. The molecule has 2 aromatic carbocycles. The topological polar surface area (TPSA) is 81.1 Å². The first-order valence-electron chi connectivity index (χ1n) is 14.1. The molecule has 206 valence electrons. The Hall–Kier alpha value is -3.78. The highest BCUT2D eigenvalue weighted by molar-refractivity contribution is 6.05. The summed E-state index contributed by atoms with van der Waals surface area (Å²) in [7, 11) is 0. The first kappa shape index (κ1) is 26.8. The third-order valence-electron chi connectivity index (χ3n) is 7.94. The van der Waals surface area contributed by atoms with Gasteiger partial charge in [0.2, 0.25) is 0 Å². The van der Waals surface area contributed by atoms with Gasteiger partial charge in [-0.2, -0.15) is 0 Å². The molecule has 2 N–H and O–H groups in total. The van der Waals surface area contributed by atoms with Crippen molar-refractivity contribution in [2.75, 3.05) is 60.9 Å². The van der Waals surface area contributed by atoms with Gasteiger partial charge >= 0.3 is 0 Å². The van der Waals surface area contributed by atoms with Gasteiger partial charge in [-0.3, -0.25) is 9.59 Å². The molecule has 2 aliphatic rings. The standard InChI is InChI=1S/C31H39N5O3/c1-23-8-3-4-9-27(23)35-17-19-36(20-18-35)28-12-11-25(22-26(28)33-31(38)29-10-7-21-39-29)30(37)32-14-13-24(2)34-15-5-6-16-34/h3-4,7-12,21-22,24H,5-6,13-20H2,1-2H3,(H,32,37)(H,33,38). The molecule has 8 heteroatoms. The van der Waals surface area contributed by atoms with Gasteiger partial charge in [-0.15, -0.1) is 0 Å². The van der Waals surface area contributed by atoms with Crippen LogP contribution in [0.4, 0.5) is 17.1 Å². The third-order valence-corrected chi connectivity index (χ3v) is 7.94. The number of aryl methyl sites for hydroxylation is 1. The second-order valence-corrected chi connectivity index (χ2v) is 10.6. The average Bonchev–Trinajstić information content (AvgIpc) is 3.69.